The van der Waals surface area contributed by atoms with Crippen molar-refractivity contribution in [3.63, 3.8) is 0 Å². The molecule has 0 saturated carbocycles. The zero-order valence-corrected chi connectivity index (χ0v) is 35.2. The van der Waals surface area contributed by atoms with Crippen LogP contribution in [0, 0.1) is 0 Å². The lowest BCUT2D eigenvalue weighted by Gasteiger charge is -2.47. The first-order chi connectivity index (χ1) is 26.3. The molecule has 0 aliphatic carbocycles. The number of nitrogens with two attached hydrogens (primary N) is 2. The zero-order valence-electron chi connectivity index (χ0n) is 35.2. The third-order valence-electron chi connectivity index (χ3n) is 11.4. The number of aliphatic hydroxyl groups is 3. The van der Waals surface area contributed by atoms with E-state index in [0.717, 1.165) is 44.9 Å². The molecule has 1 fully saturated rings. The Morgan fingerprint density at radius 2 is 1.06 bits per heavy atom. The Hall–Kier alpha value is -1.30. The van der Waals surface area contributed by atoms with Crippen LogP contribution in [-0.4, -0.2) is 88.4 Å². The van der Waals surface area contributed by atoms with Crippen LogP contribution >= 0.6 is 0 Å². The minimum Gasteiger partial charge on any atom is -0.394 e. The molecule has 10 heteroatoms. The van der Waals surface area contributed by atoms with E-state index < -0.39 is 49.1 Å². The lowest BCUT2D eigenvalue weighted by molar-refractivity contribution is -0.231. The van der Waals surface area contributed by atoms with Crippen molar-refractivity contribution in [3.8, 4) is 0 Å². The fourth-order valence-electron chi connectivity index (χ4n) is 7.74. The van der Waals surface area contributed by atoms with Crippen molar-refractivity contribution < 1.29 is 29.6 Å². The Balaban J connectivity index is 2.71. The van der Waals surface area contributed by atoms with Crippen LogP contribution in [0.4, 0.5) is 0 Å². The third-order valence-corrected chi connectivity index (χ3v) is 11.4. The van der Waals surface area contributed by atoms with Crippen molar-refractivity contribution in [3.05, 3.63) is 0 Å². The summed E-state index contributed by atoms with van der Waals surface area (Å²) in [4.78, 5) is 28.7. The molecule has 1 rings (SSSR count). The molecular formula is C44H88N4O6. The fourth-order valence-corrected chi connectivity index (χ4v) is 7.74. The molecule has 1 saturated heterocycles. The molecule has 0 aromatic heterocycles. The second-order valence-corrected chi connectivity index (χ2v) is 16.3. The van der Waals surface area contributed by atoms with Crippen LogP contribution in [0.3, 0.4) is 0 Å². The third kappa shape index (κ3) is 23.7. The smallest absolute Gasteiger partial charge is 0.237 e. The summed E-state index contributed by atoms with van der Waals surface area (Å²) in [6, 6.07) is -1.91. The summed E-state index contributed by atoms with van der Waals surface area (Å²) in [5, 5.41) is 34.8. The van der Waals surface area contributed by atoms with Gasteiger partial charge in [-0.05, 0) is 32.2 Å². The Kier molecular flexibility index (Phi) is 32.8. The molecule has 320 valence electrons. The van der Waals surface area contributed by atoms with Crippen LogP contribution in [-0.2, 0) is 14.3 Å². The molecule has 0 spiro atoms. The van der Waals surface area contributed by atoms with Gasteiger partial charge in [-0.2, -0.15) is 0 Å². The fraction of sp³-hybridized carbons (Fsp3) is 0.955. The number of nitrogens with zero attached hydrogens (tertiary/aromatic N) is 1. The molecule has 0 aromatic carbocycles. The summed E-state index contributed by atoms with van der Waals surface area (Å²) in [5.74, 6) is -0.566. The van der Waals surface area contributed by atoms with E-state index in [0.29, 0.717) is 32.4 Å². The molecule has 54 heavy (non-hydrogen) atoms. The summed E-state index contributed by atoms with van der Waals surface area (Å²) >= 11 is 0. The average molecular weight is 769 g/mol. The van der Waals surface area contributed by atoms with Crippen LogP contribution < -0.4 is 16.8 Å². The van der Waals surface area contributed by atoms with Gasteiger partial charge in [-0.3, -0.25) is 9.59 Å². The van der Waals surface area contributed by atoms with Crippen molar-refractivity contribution in [1.29, 1.82) is 0 Å². The molecule has 1 heterocycles. The molecule has 0 radical (unpaired) electrons. The molecule has 2 amide bonds. The predicted octanol–water partition coefficient (Wildman–Crippen LogP) is 8.16. The SMILES string of the molecule is CCCCCCCCCCCCCCCCCC(=O)N(CCCCCCCCCCCCCC)[C@@H]1O[C@H](CO)[C@@H](O)[C@H](O)[C@H]1NC(=O)[C@@H](N)CCCCN. The van der Waals surface area contributed by atoms with Crippen LogP contribution in [0.25, 0.3) is 0 Å². The van der Waals surface area contributed by atoms with Crippen molar-refractivity contribution in [2.75, 3.05) is 19.7 Å². The molecule has 6 atom stereocenters. The number of unbranched alkanes of at least 4 members (excludes halogenated alkanes) is 26. The number of rotatable bonds is 37. The van der Waals surface area contributed by atoms with Gasteiger partial charge in [0.05, 0.1) is 12.6 Å². The molecule has 0 aromatic rings. The number of carbonyl (C=O) groups excluding carboxylic acids is 2. The number of hydrogen-bond donors (Lipinski definition) is 6. The van der Waals surface area contributed by atoms with Gasteiger partial charge in [0.15, 0.2) is 6.23 Å². The van der Waals surface area contributed by atoms with Gasteiger partial charge >= 0.3 is 0 Å². The lowest BCUT2D eigenvalue weighted by Crippen LogP contribution is -2.69. The number of amides is 2. The highest BCUT2D eigenvalue weighted by Gasteiger charge is 2.48. The average Bonchev–Trinajstić information content (AvgIpc) is 3.17. The van der Waals surface area contributed by atoms with Gasteiger partial charge < -0.3 is 41.7 Å². The Morgan fingerprint density at radius 1 is 0.630 bits per heavy atom. The molecular weight excluding hydrogens is 681 g/mol. The van der Waals surface area contributed by atoms with Gasteiger partial charge in [0.2, 0.25) is 11.8 Å². The highest BCUT2D eigenvalue weighted by molar-refractivity contribution is 5.82. The quantitative estimate of drug-likeness (QED) is 0.0344. The second kappa shape index (κ2) is 34.9. The molecule has 10 nitrogen and oxygen atoms in total. The van der Waals surface area contributed by atoms with E-state index in [1.165, 1.54) is 135 Å². The first-order valence-electron chi connectivity index (χ1n) is 23.0. The Morgan fingerprint density at radius 3 is 1.48 bits per heavy atom. The predicted molar refractivity (Wildman–Crippen MR) is 223 cm³/mol. The van der Waals surface area contributed by atoms with Crippen LogP contribution in [0.15, 0.2) is 0 Å². The van der Waals surface area contributed by atoms with Gasteiger partial charge in [0, 0.05) is 13.0 Å². The van der Waals surface area contributed by atoms with Crippen LogP contribution in [0.5, 0.6) is 0 Å². The number of nitrogens with one attached hydrogen (secondary N) is 1. The second-order valence-electron chi connectivity index (χ2n) is 16.3. The maximum Gasteiger partial charge on any atom is 0.237 e. The van der Waals surface area contributed by atoms with E-state index in [2.05, 4.69) is 19.2 Å². The summed E-state index contributed by atoms with van der Waals surface area (Å²) in [5.41, 5.74) is 11.8. The van der Waals surface area contributed by atoms with Crippen molar-refractivity contribution in [2.45, 2.75) is 250 Å². The summed E-state index contributed by atoms with van der Waals surface area (Å²) in [7, 11) is 0. The van der Waals surface area contributed by atoms with E-state index in [9.17, 15) is 24.9 Å². The lowest BCUT2D eigenvalue weighted by atomic mass is 9.94. The van der Waals surface area contributed by atoms with E-state index in [4.69, 9.17) is 16.2 Å². The minimum absolute atomic E-state index is 0.0930. The maximum atomic E-state index is 13.9. The number of hydrogen-bond acceptors (Lipinski definition) is 8. The molecule has 0 unspecified atom stereocenters. The maximum absolute atomic E-state index is 13.9. The van der Waals surface area contributed by atoms with Gasteiger partial charge in [-0.15, -0.1) is 0 Å². The normalized spacial score (nSPS) is 20.6. The van der Waals surface area contributed by atoms with E-state index >= 15 is 0 Å². The summed E-state index contributed by atoms with van der Waals surface area (Å²) in [6.07, 6.45) is 30.4. The summed E-state index contributed by atoms with van der Waals surface area (Å²) < 4.78 is 6.15. The highest BCUT2D eigenvalue weighted by Crippen LogP contribution is 2.26. The first kappa shape index (κ1) is 50.7. The number of aliphatic hydroxyl groups excluding tert-OH is 3. The Bertz CT molecular complexity index is 882. The standard InChI is InChI=1S/C44H88N4O6/c1-3-5-7-9-11-13-15-17-18-19-20-22-24-26-28-33-39(50)48(35-31-27-25-23-21-16-14-12-10-8-6-4-2)44-40(42(52)41(51)38(36-49)54-44)47-43(53)37(46)32-29-30-34-45/h37-38,40-42,44,49,51-52H,3-36,45-46H2,1-2H3,(H,47,53)/t37-,38+,40+,41+,42+,44+/m0/s1. The van der Waals surface area contributed by atoms with E-state index in [1.807, 2.05) is 0 Å². The van der Waals surface area contributed by atoms with Crippen molar-refractivity contribution in [2.24, 2.45) is 11.5 Å². The topological polar surface area (TPSA) is 171 Å². The Labute approximate surface area is 331 Å². The molecule has 0 bridgehead atoms. The van der Waals surface area contributed by atoms with Crippen molar-refractivity contribution >= 4 is 11.8 Å². The minimum atomic E-state index is -1.44. The van der Waals surface area contributed by atoms with Crippen LogP contribution in [0.1, 0.15) is 213 Å². The van der Waals surface area contributed by atoms with E-state index in [-0.39, 0.29) is 5.91 Å². The number of carbonyl (C=O) groups is 2. The van der Waals surface area contributed by atoms with Gasteiger partial charge in [-0.1, -0.05) is 181 Å². The van der Waals surface area contributed by atoms with Gasteiger partial charge in [0.1, 0.15) is 24.4 Å². The van der Waals surface area contributed by atoms with E-state index in [1.54, 1.807) is 4.90 Å². The molecule has 1 aliphatic heterocycles. The zero-order chi connectivity index (χ0) is 39.7. The van der Waals surface area contributed by atoms with Crippen LogP contribution in [0.2, 0.25) is 0 Å². The molecule has 1 aliphatic rings. The largest absolute Gasteiger partial charge is 0.394 e. The molecule has 8 N–H and O–H groups in total. The van der Waals surface area contributed by atoms with Gasteiger partial charge in [-0.25, -0.2) is 0 Å². The highest BCUT2D eigenvalue weighted by atomic mass is 16.5. The monoisotopic (exact) mass is 769 g/mol. The summed E-state index contributed by atoms with van der Waals surface area (Å²) in [6.45, 7) is 4.91. The number of ether oxygens (including phenoxy) is 1. The first-order valence-corrected chi connectivity index (χ1v) is 23.0. The van der Waals surface area contributed by atoms with Crippen molar-refractivity contribution in [1.82, 2.24) is 10.2 Å². The van der Waals surface area contributed by atoms with Gasteiger partial charge in [0.25, 0.3) is 0 Å².